The lowest BCUT2D eigenvalue weighted by Gasteiger charge is -2.12. The van der Waals surface area contributed by atoms with Gasteiger partial charge in [-0.2, -0.15) is 21.6 Å². The van der Waals surface area contributed by atoms with Crippen molar-refractivity contribution in [3.63, 3.8) is 0 Å². The predicted molar refractivity (Wildman–Crippen MR) is 47.9 cm³/mol. The maximum atomic E-state index is 12.8. The van der Waals surface area contributed by atoms with E-state index in [1.165, 1.54) is 0 Å². The summed E-state index contributed by atoms with van der Waals surface area (Å²) in [5, 5.41) is 9.01. The molecule has 1 rings (SSSR count). The van der Waals surface area contributed by atoms with Gasteiger partial charge < -0.3 is 5.11 Å². The van der Waals surface area contributed by atoms with Crippen molar-refractivity contribution in [3.05, 3.63) is 35.1 Å². The predicted octanol–water partition coefficient (Wildman–Crippen LogP) is 1.72. The molecule has 0 heterocycles. The molecule has 1 aromatic rings. The Morgan fingerprint density at radius 1 is 1.24 bits per heavy atom. The Morgan fingerprint density at radius 2 is 1.76 bits per heavy atom. The molecule has 0 aliphatic carbocycles. The second-order valence-corrected chi connectivity index (χ2v) is 4.58. The van der Waals surface area contributed by atoms with Gasteiger partial charge in [-0.3, -0.25) is 4.55 Å². The van der Waals surface area contributed by atoms with Crippen LogP contribution in [0.3, 0.4) is 0 Å². The summed E-state index contributed by atoms with van der Waals surface area (Å²) >= 11 is 0. The lowest BCUT2D eigenvalue weighted by atomic mass is 10.1. The lowest BCUT2D eigenvalue weighted by molar-refractivity contribution is -0.140. The molecule has 0 bridgehead atoms. The van der Waals surface area contributed by atoms with Gasteiger partial charge in [-0.25, -0.2) is 4.39 Å². The van der Waals surface area contributed by atoms with Crippen LogP contribution >= 0.6 is 0 Å². The van der Waals surface area contributed by atoms with Crippen LogP contribution in [0.1, 0.15) is 16.6 Å². The number of rotatable bonds is 2. The Kier molecular flexibility index (Phi) is 3.46. The minimum Gasteiger partial charge on any atom is -0.371 e. The zero-order valence-corrected chi connectivity index (χ0v) is 8.76. The summed E-state index contributed by atoms with van der Waals surface area (Å²) in [7, 11) is -4.97. The average molecular weight is 274 g/mol. The first-order valence-electron chi connectivity index (χ1n) is 4.04. The van der Waals surface area contributed by atoms with Crippen LogP contribution in [0.2, 0.25) is 0 Å². The van der Waals surface area contributed by atoms with Crippen molar-refractivity contribution < 1.29 is 35.6 Å². The standard InChI is InChI=1S/C8H6F4O4S/c9-6-2-1-4(7(13)17(14,15)16)3-5(6)8(10,11)12/h1-3,7,13H,(H,14,15,16). The maximum absolute atomic E-state index is 12.8. The van der Waals surface area contributed by atoms with Crippen LogP contribution in [0.4, 0.5) is 17.6 Å². The Hall–Kier alpha value is -1.19. The topological polar surface area (TPSA) is 74.6 Å². The minimum atomic E-state index is -5.03. The number of aliphatic hydroxyl groups is 1. The Bertz CT molecular complexity index is 523. The molecular weight excluding hydrogens is 268 g/mol. The highest BCUT2D eigenvalue weighted by Crippen LogP contribution is 2.33. The van der Waals surface area contributed by atoms with E-state index in [2.05, 4.69) is 0 Å². The van der Waals surface area contributed by atoms with Crippen LogP contribution in [0, 0.1) is 5.82 Å². The SMILES string of the molecule is O=S(=O)(O)C(O)c1ccc(F)c(C(F)(F)F)c1. The second-order valence-electron chi connectivity index (χ2n) is 3.10. The minimum absolute atomic E-state index is 0.119. The van der Waals surface area contributed by atoms with Crippen molar-refractivity contribution in [1.29, 1.82) is 0 Å². The molecule has 0 aliphatic rings. The Morgan fingerprint density at radius 3 is 2.18 bits per heavy atom. The molecule has 9 heteroatoms. The van der Waals surface area contributed by atoms with Gasteiger partial charge in [-0.15, -0.1) is 0 Å². The molecule has 0 fully saturated rings. The number of hydrogen-bond donors (Lipinski definition) is 2. The van der Waals surface area contributed by atoms with E-state index < -0.39 is 38.7 Å². The highest BCUT2D eigenvalue weighted by molar-refractivity contribution is 7.85. The van der Waals surface area contributed by atoms with E-state index in [4.69, 9.17) is 9.66 Å². The van der Waals surface area contributed by atoms with Gasteiger partial charge in [0.1, 0.15) is 5.82 Å². The molecule has 1 atom stereocenters. The molecule has 0 spiro atoms. The van der Waals surface area contributed by atoms with Gasteiger partial charge in [-0.1, -0.05) is 6.07 Å². The zero-order chi connectivity index (χ0) is 13.4. The number of benzene rings is 1. The van der Waals surface area contributed by atoms with Crippen molar-refractivity contribution in [1.82, 2.24) is 0 Å². The Labute approximate surface area is 93.2 Å². The van der Waals surface area contributed by atoms with Crippen LogP contribution in [0.5, 0.6) is 0 Å². The quantitative estimate of drug-likeness (QED) is 0.636. The van der Waals surface area contributed by atoms with Crippen LogP contribution in [0.15, 0.2) is 18.2 Å². The number of halogens is 4. The van der Waals surface area contributed by atoms with Crippen molar-refractivity contribution in [2.75, 3.05) is 0 Å². The highest BCUT2D eigenvalue weighted by atomic mass is 32.2. The van der Waals surface area contributed by atoms with E-state index in [9.17, 15) is 26.0 Å². The van der Waals surface area contributed by atoms with Crippen molar-refractivity contribution >= 4 is 10.1 Å². The van der Waals surface area contributed by atoms with Gasteiger partial charge in [-0.05, 0) is 17.7 Å². The van der Waals surface area contributed by atoms with Crippen molar-refractivity contribution in [3.8, 4) is 0 Å². The summed E-state index contributed by atoms with van der Waals surface area (Å²) in [4.78, 5) is 0. The molecule has 2 N–H and O–H groups in total. The third-order valence-electron chi connectivity index (χ3n) is 1.86. The third-order valence-corrected chi connectivity index (χ3v) is 2.70. The zero-order valence-electron chi connectivity index (χ0n) is 7.94. The molecule has 4 nitrogen and oxygen atoms in total. The molecule has 0 radical (unpaired) electrons. The van der Waals surface area contributed by atoms with Crippen LogP contribution < -0.4 is 0 Å². The molecule has 0 aromatic heterocycles. The molecule has 1 aromatic carbocycles. The summed E-state index contributed by atoms with van der Waals surface area (Å²) in [5.41, 5.74) is -5.05. The van der Waals surface area contributed by atoms with E-state index in [-0.39, 0.29) is 6.07 Å². The monoisotopic (exact) mass is 274 g/mol. The highest BCUT2D eigenvalue weighted by Gasteiger charge is 2.35. The number of aliphatic hydroxyl groups excluding tert-OH is 1. The van der Waals surface area contributed by atoms with E-state index in [0.717, 1.165) is 0 Å². The maximum Gasteiger partial charge on any atom is 0.419 e. The first-order chi connectivity index (χ1) is 7.53. The molecule has 0 saturated heterocycles. The van der Waals surface area contributed by atoms with Crippen LogP contribution in [0.25, 0.3) is 0 Å². The van der Waals surface area contributed by atoms with Crippen molar-refractivity contribution in [2.24, 2.45) is 0 Å². The van der Waals surface area contributed by atoms with Gasteiger partial charge in [0.25, 0.3) is 10.1 Å². The fourth-order valence-electron chi connectivity index (χ4n) is 1.09. The molecule has 0 amide bonds. The molecule has 0 saturated carbocycles. The van der Waals surface area contributed by atoms with E-state index in [1.54, 1.807) is 0 Å². The molecule has 17 heavy (non-hydrogen) atoms. The van der Waals surface area contributed by atoms with Gasteiger partial charge in [0, 0.05) is 0 Å². The molecule has 0 aliphatic heterocycles. The summed E-state index contributed by atoms with van der Waals surface area (Å²) in [6.07, 6.45) is -5.03. The second kappa shape index (κ2) is 4.24. The summed E-state index contributed by atoms with van der Waals surface area (Å²) in [6.45, 7) is 0. The molecule has 1 unspecified atom stereocenters. The smallest absolute Gasteiger partial charge is 0.371 e. The fraction of sp³-hybridized carbons (Fsp3) is 0.250. The fourth-order valence-corrected chi connectivity index (χ4v) is 1.58. The van der Waals surface area contributed by atoms with Crippen molar-refractivity contribution in [2.45, 2.75) is 11.6 Å². The van der Waals surface area contributed by atoms with Gasteiger partial charge in [0.2, 0.25) is 5.44 Å². The van der Waals surface area contributed by atoms with Gasteiger partial charge in [0.15, 0.2) is 0 Å². The number of hydrogen-bond acceptors (Lipinski definition) is 3. The van der Waals surface area contributed by atoms with Crippen LogP contribution in [-0.4, -0.2) is 18.1 Å². The van der Waals surface area contributed by atoms with E-state index in [1.807, 2.05) is 0 Å². The van der Waals surface area contributed by atoms with Gasteiger partial charge in [0.05, 0.1) is 5.56 Å². The first kappa shape index (κ1) is 13.9. The Balaban J connectivity index is 3.32. The van der Waals surface area contributed by atoms with E-state index >= 15 is 0 Å². The third kappa shape index (κ3) is 3.14. The van der Waals surface area contributed by atoms with E-state index in [0.29, 0.717) is 12.1 Å². The van der Waals surface area contributed by atoms with Gasteiger partial charge >= 0.3 is 6.18 Å². The lowest BCUT2D eigenvalue weighted by Crippen LogP contribution is -2.14. The molecule has 96 valence electrons. The molecular formula is C8H6F4O4S. The summed E-state index contributed by atoms with van der Waals surface area (Å²) in [5.74, 6) is -1.61. The first-order valence-corrected chi connectivity index (χ1v) is 5.55. The largest absolute Gasteiger partial charge is 0.419 e. The summed E-state index contributed by atoms with van der Waals surface area (Å²) in [6, 6.07) is 1.10. The van der Waals surface area contributed by atoms with Crippen LogP contribution in [-0.2, 0) is 16.3 Å². The normalized spacial score (nSPS) is 14.7. The summed E-state index contributed by atoms with van der Waals surface area (Å²) < 4.78 is 79.0. The number of alkyl halides is 3. The average Bonchev–Trinajstić information content (AvgIpc) is 2.14.